The van der Waals surface area contributed by atoms with Crippen molar-refractivity contribution in [2.75, 3.05) is 6.54 Å². The van der Waals surface area contributed by atoms with Gasteiger partial charge in [-0.1, -0.05) is 35.3 Å². The Balaban J connectivity index is 1.65. The molecule has 1 aliphatic heterocycles. The number of carbonyl (C=O) groups is 1. The first kappa shape index (κ1) is 16.1. The fourth-order valence-corrected chi connectivity index (χ4v) is 3.43. The predicted molar refractivity (Wildman–Crippen MR) is 96.7 cm³/mol. The first-order chi connectivity index (χ1) is 12.1. The molecule has 2 aromatic heterocycles. The molecule has 0 atom stereocenters. The van der Waals surface area contributed by atoms with Crippen LogP contribution in [0.4, 0.5) is 0 Å². The second-order valence-electron chi connectivity index (χ2n) is 5.88. The number of fused-ring (bicyclic) bond motifs is 1. The van der Waals surface area contributed by atoms with Crippen LogP contribution < -0.4 is 0 Å². The molecular formula is C18H14Cl2N4O. The molecule has 1 aliphatic rings. The molecule has 3 heterocycles. The Labute approximate surface area is 154 Å². The lowest BCUT2D eigenvalue weighted by atomic mass is 10.0. The van der Waals surface area contributed by atoms with E-state index in [1.54, 1.807) is 23.2 Å². The van der Waals surface area contributed by atoms with E-state index >= 15 is 0 Å². The van der Waals surface area contributed by atoms with Gasteiger partial charge in [-0.3, -0.25) is 9.89 Å². The van der Waals surface area contributed by atoms with Crippen molar-refractivity contribution in [3.63, 3.8) is 0 Å². The van der Waals surface area contributed by atoms with E-state index in [1.165, 1.54) is 0 Å². The van der Waals surface area contributed by atoms with Crippen LogP contribution in [-0.4, -0.2) is 32.5 Å². The van der Waals surface area contributed by atoms with E-state index in [2.05, 4.69) is 15.2 Å². The number of amides is 1. The molecule has 0 aliphatic carbocycles. The molecule has 126 valence electrons. The summed E-state index contributed by atoms with van der Waals surface area (Å²) in [6.07, 6.45) is 2.27. The zero-order valence-electron chi connectivity index (χ0n) is 13.2. The van der Waals surface area contributed by atoms with Crippen molar-refractivity contribution in [3.05, 3.63) is 69.6 Å². The standard InChI is InChI=1S/C18H14Cl2N4O/c19-13-3-1-2-11(8-13)17-14-10-24(7-5-15(14)22-23-17)18(25)12-4-6-21-16(20)9-12/h1-4,6,8-9H,5,7,10H2,(H,22,23). The van der Waals surface area contributed by atoms with Crippen LogP contribution in [0.15, 0.2) is 42.6 Å². The van der Waals surface area contributed by atoms with E-state index in [4.69, 9.17) is 23.2 Å². The normalized spacial score (nSPS) is 13.6. The predicted octanol–water partition coefficient (Wildman–Crippen LogP) is 3.98. The minimum absolute atomic E-state index is 0.0619. The molecule has 0 saturated carbocycles. The third kappa shape index (κ3) is 3.13. The summed E-state index contributed by atoms with van der Waals surface area (Å²) in [5, 5.41) is 8.50. The van der Waals surface area contributed by atoms with Crippen LogP contribution in [0.25, 0.3) is 11.3 Å². The zero-order valence-corrected chi connectivity index (χ0v) is 14.7. The van der Waals surface area contributed by atoms with Gasteiger partial charge in [0.15, 0.2) is 0 Å². The number of H-pyrrole nitrogens is 1. The number of nitrogens with zero attached hydrogens (tertiary/aromatic N) is 3. The lowest BCUT2D eigenvalue weighted by Gasteiger charge is -2.27. The maximum Gasteiger partial charge on any atom is 0.254 e. The first-order valence-electron chi connectivity index (χ1n) is 7.85. The summed E-state index contributed by atoms with van der Waals surface area (Å²) in [5.41, 5.74) is 4.40. The molecule has 7 heteroatoms. The molecule has 0 fully saturated rings. The zero-order chi connectivity index (χ0) is 17.4. The van der Waals surface area contributed by atoms with E-state index in [0.29, 0.717) is 28.8 Å². The third-order valence-electron chi connectivity index (χ3n) is 4.29. The molecule has 25 heavy (non-hydrogen) atoms. The summed E-state index contributed by atoms with van der Waals surface area (Å²) in [7, 11) is 0. The van der Waals surface area contributed by atoms with E-state index in [9.17, 15) is 4.79 Å². The van der Waals surface area contributed by atoms with Gasteiger partial charge in [-0.2, -0.15) is 5.10 Å². The summed E-state index contributed by atoms with van der Waals surface area (Å²) < 4.78 is 0. The summed E-state index contributed by atoms with van der Waals surface area (Å²) >= 11 is 12.0. The molecule has 0 radical (unpaired) electrons. The fraction of sp³-hybridized carbons (Fsp3) is 0.167. The number of hydrogen-bond acceptors (Lipinski definition) is 3. The van der Waals surface area contributed by atoms with Gasteiger partial charge in [-0.25, -0.2) is 4.98 Å². The number of nitrogens with one attached hydrogen (secondary N) is 1. The number of rotatable bonds is 2. The van der Waals surface area contributed by atoms with E-state index in [1.807, 2.05) is 24.3 Å². The average molecular weight is 373 g/mol. The Kier molecular flexibility index (Phi) is 4.19. The van der Waals surface area contributed by atoms with Gasteiger partial charge in [0.05, 0.1) is 5.69 Å². The molecule has 5 nitrogen and oxygen atoms in total. The van der Waals surface area contributed by atoms with Crippen LogP contribution in [0.5, 0.6) is 0 Å². The minimum atomic E-state index is -0.0619. The van der Waals surface area contributed by atoms with Crippen LogP contribution in [0.1, 0.15) is 21.6 Å². The van der Waals surface area contributed by atoms with E-state index in [0.717, 1.165) is 28.9 Å². The Morgan fingerprint density at radius 1 is 1.20 bits per heavy atom. The summed E-state index contributed by atoms with van der Waals surface area (Å²) in [6.45, 7) is 1.12. The average Bonchev–Trinajstić information content (AvgIpc) is 3.04. The minimum Gasteiger partial charge on any atom is -0.334 e. The number of hydrogen-bond donors (Lipinski definition) is 1. The van der Waals surface area contributed by atoms with Gasteiger partial charge in [0.2, 0.25) is 0 Å². The Bertz CT molecular complexity index is 954. The summed E-state index contributed by atoms with van der Waals surface area (Å²) in [4.78, 5) is 18.5. The second kappa shape index (κ2) is 6.50. The van der Waals surface area contributed by atoms with Gasteiger partial charge in [0.25, 0.3) is 5.91 Å². The highest BCUT2D eigenvalue weighted by Gasteiger charge is 2.26. The van der Waals surface area contributed by atoms with Crippen LogP contribution in [-0.2, 0) is 13.0 Å². The number of aromatic amines is 1. The monoisotopic (exact) mass is 372 g/mol. The van der Waals surface area contributed by atoms with Crippen molar-refractivity contribution in [3.8, 4) is 11.3 Å². The summed E-state index contributed by atoms with van der Waals surface area (Å²) in [6, 6.07) is 10.8. The lowest BCUT2D eigenvalue weighted by molar-refractivity contribution is 0.0734. The van der Waals surface area contributed by atoms with Crippen LogP contribution in [0.3, 0.4) is 0 Å². The fourth-order valence-electron chi connectivity index (χ4n) is 3.06. The molecule has 3 aromatic rings. The van der Waals surface area contributed by atoms with Crippen LogP contribution in [0, 0.1) is 0 Å². The SMILES string of the molecule is O=C(c1ccnc(Cl)c1)N1CCc2[nH]nc(-c3cccc(Cl)c3)c2C1. The molecule has 0 bridgehead atoms. The topological polar surface area (TPSA) is 61.9 Å². The summed E-state index contributed by atoms with van der Waals surface area (Å²) in [5.74, 6) is -0.0619. The highest BCUT2D eigenvalue weighted by Crippen LogP contribution is 2.30. The van der Waals surface area contributed by atoms with Crippen LogP contribution in [0.2, 0.25) is 10.2 Å². The Morgan fingerprint density at radius 2 is 2.08 bits per heavy atom. The van der Waals surface area contributed by atoms with Gasteiger partial charge in [0.1, 0.15) is 5.15 Å². The molecular weight excluding hydrogens is 359 g/mol. The van der Waals surface area contributed by atoms with Crippen molar-refractivity contribution in [2.45, 2.75) is 13.0 Å². The Hall–Kier alpha value is -2.37. The van der Waals surface area contributed by atoms with Crippen molar-refractivity contribution in [2.24, 2.45) is 0 Å². The first-order valence-corrected chi connectivity index (χ1v) is 8.60. The van der Waals surface area contributed by atoms with Crippen LogP contribution >= 0.6 is 23.2 Å². The highest BCUT2D eigenvalue weighted by molar-refractivity contribution is 6.30. The molecule has 0 unspecified atom stereocenters. The Morgan fingerprint density at radius 3 is 2.88 bits per heavy atom. The van der Waals surface area contributed by atoms with Gasteiger partial charge in [0, 0.05) is 53.1 Å². The number of aromatic nitrogens is 3. The maximum atomic E-state index is 12.8. The van der Waals surface area contributed by atoms with Gasteiger partial charge in [-0.05, 0) is 24.3 Å². The smallest absolute Gasteiger partial charge is 0.254 e. The van der Waals surface area contributed by atoms with E-state index < -0.39 is 0 Å². The number of halogens is 2. The number of carbonyl (C=O) groups excluding carboxylic acids is 1. The van der Waals surface area contributed by atoms with Gasteiger partial charge >= 0.3 is 0 Å². The largest absolute Gasteiger partial charge is 0.334 e. The quantitative estimate of drug-likeness (QED) is 0.692. The molecule has 1 amide bonds. The van der Waals surface area contributed by atoms with Gasteiger partial charge in [-0.15, -0.1) is 0 Å². The van der Waals surface area contributed by atoms with Crippen molar-refractivity contribution >= 4 is 29.1 Å². The molecule has 0 spiro atoms. The van der Waals surface area contributed by atoms with E-state index in [-0.39, 0.29) is 5.91 Å². The highest BCUT2D eigenvalue weighted by atomic mass is 35.5. The number of benzene rings is 1. The third-order valence-corrected chi connectivity index (χ3v) is 4.73. The maximum absolute atomic E-state index is 12.8. The number of pyridine rings is 1. The lowest BCUT2D eigenvalue weighted by Crippen LogP contribution is -2.35. The second-order valence-corrected chi connectivity index (χ2v) is 6.71. The molecule has 0 saturated heterocycles. The molecule has 1 aromatic carbocycles. The molecule has 1 N–H and O–H groups in total. The van der Waals surface area contributed by atoms with Gasteiger partial charge < -0.3 is 4.90 Å². The van der Waals surface area contributed by atoms with Crippen molar-refractivity contribution < 1.29 is 4.79 Å². The van der Waals surface area contributed by atoms with Crippen molar-refractivity contribution in [1.82, 2.24) is 20.1 Å². The molecule has 4 rings (SSSR count). The van der Waals surface area contributed by atoms with Crippen molar-refractivity contribution in [1.29, 1.82) is 0 Å².